The molecule has 0 radical (unpaired) electrons. The van der Waals surface area contributed by atoms with Crippen molar-refractivity contribution in [1.29, 1.82) is 0 Å². The fourth-order valence-corrected chi connectivity index (χ4v) is 4.29. The van der Waals surface area contributed by atoms with Crippen LogP contribution < -0.4 is 10.1 Å². The number of benzene rings is 2. The number of nitrogens with one attached hydrogen (secondary N) is 1. The Morgan fingerprint density at radius 2 is 1.90 bits per heavy atom. The smallest absolute Gasteiger partial charge is 0.307 e. The minimum absolute atomic E-state index is 0.000352. The predicted octanol–water partition coefficient (Wildman–Crippen LogP) is 5.00. The van der Waals surface area contributed by atoms with Gasteiger partial charge in [-0.05, 0) is 49.2 Å². The van der Waals surface area contributed by atoms with Crippen LogP contribution in [0.15, 0.2) is 42.5 Å². The van der Waals surface area contributed by atoms with Crippen molar-refractivity contribution in [3.05, 3.63) is 59.3 Å². The number of methoxy groups -OCH3 is 1. The van der Waals surface area contributed by atoms with E-state index in [0.29, 0.717) is 5.82 Å². The zero-order valence-electron chi connectivity index (χ0n) is 17.5. The largest absolute Gasteiger partial charge is 0.497 e. The van der Waals surface area contributed by atoms with E-state index in [4.69, 9.17) is 24.8 Å². The number of hydrogen-bond acceptors (Lipinski definition) is 7. The Bertz CT molecular complexity index is 1250. The molecule has 2 aromatic heterocycles. The van der Waals surface area contributed by atoms with Crippen molar-refractivity contribution >= 4 is 39.0 Å². The molecule has 0 spiro atoms. The lowest BCUT2D eigenvalue weighted by Crippen LogP contribution is -2.05. The van der Waals surface area contributed by atoms with Crippen molar-refractivity contribution in [3.8, 4) is 16.6 Å². The molecule has 0 atom stereocenters. The second kappa shape index (κ2) is 8.69. The molecule has 8 heteroatoms. The van der Waals surface area contributed by atoms with Crippen LogP contribution in [-0.4, -0.2) is 33.1 Å². The quantitative estimate of drug-likeness (QED) is 0.422. The number of carbonyl (C=O) groups is 1. The number of hydrogen-bond donors (Lipinski definition) is 2. The van der Waals surface area contributed by atoms with Crippen LogP contribution in [-0.2, 0) is 17.6 Å². The van der Waals surface area contributed by atoms with Crippen molar-refractivity contribution in [2.24, 2.45) is 0 Å². The van der Waals surface area contributed by atoms with Crippen molar-refractivity contribution in [2.45, 2.75) is 26.7 Å². The maximum atomic E-state index is 10.9. The van der Waals surface area contributed by atoms with Crippen molar-refractivity contribution in [1.82, 2.24) is 15.0 Å². The summed E-state index contributed by atoms with van der Waals surface area (Å²) < 4.78 is 6.32. The maximum absolute atomic E-state index is 10.9. The van der Waals surface area contributed by atoms with Gasteiger partial charge in [-0.15, -0.1) is 11.3 Å². The summed E-state index contributed by atoms with van der Waals surface area (Å²) >= 11 is 1.53. The molecule has 4 rings (SSSR count). The molecule has 4 aromatic rings. The van der Waals surface area contributed by atoms with Gasteiger partial charge in [-0.1, -0.05) is 19.1 Å². The number of aromatic nitrogens is 3. The van der Waals surface area contributed by atoms with Gasteiger partial charge in [-0.25, -0.2) is 15.0 Å². The van der Waals surface area contributed by atoms with E-state index in [1.165, 1.54) is 11.3 Å². The average molecular weight is 435 g/mol. The number of thiazole rings is 1. The number of carboxylic acid groups (broad SMARTS) is 1. The van der Waals surface area contributed by atoms with Crippen LogP contribution in [0.1, 0.15) is 23.7 Å². The first kappa shape index (κ1) is 20.7. The third-order valence-corrected chi connectivity index (χ3v) is 5.94. The molecule has 0 saturated carbocycles. The van der Waals surface area contributed by atoms with Crippen LogP contribution in [0.2, 0.25) is 0 Å². The number of rotatable bonds is 7. The highest BCUT2D eigenvalue weighted by Crippen LogP contribution is 2.32. The third-order valence-electron chi connectivity index (χ3n) is 4.93. The first-order valence-electron chi connectivity index (χ1n) is 9.87. The fraction of sp³-hybridized carbons (Fsp3) is 0.217. The van der Waals surface area contributed by atoms with Crippen molar-refractivity contribution in [3.63, 3.8) is 0 Å². The summed E-state index contributed by atoms with van der Waals surface area (Å²) in [5.41, 5.74) is 4.39. The van der Waals surface area contributed by atoms with Crippen LogP contribution in [0.4, 0.5) is 11.5 Å². The van der Waals surface area contributed by atoms with E-state index in [-0.39, 0.29) is 6.42 Å². The van der Waals surface area contributed by atoms with E-state index in [1.54, 1.807) is 19.2 Å². The van der Waals surface area contributed by atoms with Gasteiger partial charge in [0.25, 0.3) is 0 Å². The highest BCUT2D eigenvalue weighted by Gasteiger charge is 2.16. The summed E-state index contributed by atoms with van der Waals surface area (Å²) in [6.07, 6.45) is 0.780. The van der Waals surface area contributed by atoms with Crippen molar-refractivity contribution in [2.75, 3.05) is 12.4 Å². The minimum atomic E-state index is -0.849. The Balaban J connectivity index is 1.69. The standard InChI is InChI=1S/C23H22N4O3S/c1-4-17-13(2)24-22(23-26-18-10-9-16(30-3)12-19(18)31-23)27-21(17)25-15-7-5-14(6-8-15)11-20(28)29/h5-10,12H,4,11H2,1-3H3,(H,28,29)(H,24,25,27). The first-order chi connectivity index (χ1) is 15.0. The molecule has 158 valence electrons. The Morgan fingerprint density at radius 3 is 2.58 bits per heavy atom. The number of ether oxygens (including phenoxy) is 1. The van der Waals surface area contributed by atoms with Crippen LogP contribution in [0.3, 0.4) is 0 Å². The lowest BCUT2D eigenvalue weighted by atomic mass is 10.1. The van der Waals surface area contributed by atoms with E-state index in [9.17, 15) is 4.79 Å². The zero-order valence-corrected chi connectivity index (χ0v) is 18.3. The summed E-state index contributed by atoms with van der Waals surface area (Å²) in [5, 5.41) is 13.1. The van der Waals surface area contributed by atoms with Gasteiger partial charge >= 0.3 is 5.97 Å². The van der Waals surface area contributed by atoms with Gasteiger partial charge < -0.3 is 15.2 Å². The fourth-order valence-electron chi connectivity index (χ4n) is 3.36. The number of aryl methyl sites for hydroxylation is 1. The van der Waals surface area contributed by atoms with Gasteiger partial charge in [0.15, 0.2) is 10.8 Å². The van der Waals surface area contributed by atoms with Gasteiger partial charge in [0, 0.05) is 16.9 Å². The van der Waals surface area contributed by atoms with Gasteiger partial charge in [-0.3, -0.25) is 4.79 Å². The lowest BCUT2D eigenvalue weighted by Gasteiger charge is -2.13. The summed E-state index contributed by atoms with van der Waals surface area (Å²) in [4.78, 5) is 25.1. The molecule has 0 bridgehead atoms. The minimum Gasteiger partial charge on any atom is -0.497 e. The van der Waals surface area contributed by atoms with Crippen LogP contribution in [0.25, 0.3) is 21.0 Å². The molecule has 2 aromatic carbocycles. The lowest BCUT2D eigenvalue weighted by molar-refractivity contribution is -0.136. The monoisotopic (exact) mass is 434 g/mol. The number of fused-ring (bicyclic) bond motifs is 1. The summed E-state index contributed by atoms with van der Waals surface area (Å²) in [7, 11) is 1.64. The number of aliphatic carboxylic acids is 1. The second-order valence-electron chi connectivity index (χ2n) is 7.06. The van der Waals surface area contributed by atoms with Crippen LogP contribution >= 0.6 is 11.3 Å². The molecular formula is C23H22N4O3S. The Morgan fingerprint density at radius 1 is 1.13 bits per heavy atom. The Kier molecular flexibility index (Phi) is 5.81. The second-order valence-corrected chi connectivity index (χ2v) is 8.09. The van der Waals surface area contributed by atoms with Gasteiger partial charge in [0.05, 0.1) is 23.7 Å². The molecule has 0 aliphatic rings. The number of carboxylic acids is 1. The molecule has 0 unspecified atom stereocenters. The highest BCUT2D eigenvalue weighted by atomic mass is 32.1. The van der Waals surface area contributed by atoms with Gasteiger partial charge in [0.2, 0.25) is 0 Å². The molecular weight excluding hydrogens is 412 g/mol. The summed E-state index contributed by atoms with van der Waals surface area (Å²) in [5.74, 6) is 1.24. The predicted molar refractivity (Wildman–Crippen MR) is 122 cm³/mol. The normalized spacial score (nSPS) is 10.9. The molecule has 0 aliphatic carbocycles. The van der Waals surface area contributed by atoms with E-state index in [2.05, 4.69) is 12.2 Å². The van der Waals surface area contributed by atoms with E-state index in [0.717, 1.165) is 55.7 Å². The molecule has 31 heavy (non-hydrogen) atoms. The van der Waals surface area contributed by atoms with Crippen LogP contribution in [0.5, 0.6) is 5.75 Å². The molecule has 0 saturated heterocycles. The molecule has 0 aliphatic heterocycles. The van der Waals surface area contributed by atoms with E-state index < -0.39 is 5.97 Å². The molecule has 0 amide bonds. The van der Waals surface area contributed by atoms with Gasteiger partial charge in [0.1, 0.15) is 11.6 Å². The molecule has 0 fully saturated rings. The third kappa shape index (κ3) is 4.49. The van der Waals surface area contributed by atoms with Crippen LogP contribution in [0, 0.1) is 6.92 Å². The Labute approximate surface area is 183 Å². The number of anilines is 2. The summed E-state index contributed by atoms with van der Waals surface area (Å²) in [6, 6.07) is 13.1. The Hall–Kier alpha value is -3.52. The van der Waals surface area contributed by atoms with Gasteiger partial charge in [-0.2, -0.15) is 0 Å². The van der Waals surface area contributed by atoms with E-state index >= 15 is 0 Å². The zero-order chi connectivity index (χ0) is 22.0. The number of nitrogens with zero attached hydrogens (tertiary/aromatic N) is 3. The average Bonchev–Trinajstić information content (AvgIpc) is 3.18. The van der Waals surface area contributed by atoms with E-state index in [1.807, 2.05) is 37.3 Å². The summed E-state index contributed by atoms with van der Waals surface area (Å²) in [6.45, 7) is 4.04. The SMILES string of the molecule is CCc1c(C)nc(-c2nc3ccc(OC)cc3s2)nc1Nc1ccc(CC(=O)O)cc1. The molecule has 2 heterocycles. The van der Waals surface area contributed by atoms with Crippen molar-refractivity contribution < 1.29 is 14.6 Å². The molecule has 2 N–H and O–H groups in total. The molecule has 7 nitrogen and oxygen atoms in total. The highest BCUT2D eigenvalue weighted by molar-refractivity contribution is 7.21. The maximum Gasteiger partial charge on any atom is 0.307 e. The topological polar surface area (TPSA) is 97.2 Å². The first-order valence-corrected chi connectivity index (χ1v) is 10.7.